The molecule has 0 aliphatic rings. The van der Waals surface area contributed by atoms with Crippen molar-refractivity contribution in [3.8, 4) is 11.5 Å². The van der Waals surface area contributed by atoms with E-state index in [2.05, 4.69) is 5.32 Å². The van der Waals surface area contributed by atoms with Crippen LogP contribution in [0.4, 0.5) is 10.1 Å². The average molecular weight is 524 g/mol. The van der Waals surface area contributed by atoms with Gasteiger partial charge in [-0.3, -0.25) is 13.9 Å². The number of nitrogens with zero attached hydrogens (tertiary/aromatic N) is 2. The number of sulfonamides is 1. The van der Waals surface area contributed by atoms with Crippen LogP contribution in [0.1, 0.15) is 32.3 Å². The lowest BCUT2D eigenvalue weighted by Gasteiger charge is -2.31. The molecule has 1 N–H and O–H groups in total. The van der Waals surface area contributed by atoms with Gasteiger partial charge < -0.3 is 19.7 Å². The van der Waals surface area contributed by atoms with Crippen molar-refractivity contribution in [3.63, 3.8) is 0 Å². The number of unbranched alkanes of at least 4 members (excludes halogenated alkanes) is 1. The van der Waals surface area contributed by atoms with Crippen LogP contribution < -0.4 is 19.1 Å². The summed E-state index contributed by atoms with van der Waals surface area (Å²) >= 11 is 0. The molecule has 36 heavy (non-hydrogen) atoms. The SMILES string of the molecule is CCCCNC(=O)C(C)N(Cc1ccc(F)cc1)C(=O)CN(c1ccc(OC)c(OC)c1)S(C)(=O)=O. The molecule has 11 heteroatoms. The van der Waals surface area contributed by atoms with Crippen molar-refractivity contribution < 1.29 is 31.9 Å². The number of nitrogens with one attached hydrogen (secondary N) is 1. The maximum atomic E-state index is 13.5. The molecule has 0 aliphatic heterocycles. The van der Waals surface area contributed by atoms with E-state index in [1.807, 2.05) is 6.92 Å². The molecule has 1 unspecified atom stereocenters. The molecular formula is C25H34FN3O6S. The highest BCUT2D eigenvalue weighted by Gasteiger charge is 2.30. The number of halogens is 1. The Kier molecular flexibility index (Phi) is 10.5. The Morgan fingerprint density at radius 1 is 1.06 bits per heavy atom. The minimum Gasteiger partial charge on any atom is -0.493 e. The summed E-state index contributed by atoms with van der Waals surface area (Å²) in [7, 11) is -1.02. The van der Waals surface area contributed by atoms with Gasteiger partial charge in [0, 0.05) is 19.2 Å². The Bertz CT molecular complexity index is 1140. The summed E-state index contributed by atoms with van der Waals surface area (Å²) < 4.78 is 50.2. The fourth-order valence-corrected chi connectivity index (χ4v) is 4.34. The van der Waals surface area contributed by atoms with Crippen LogP contribution in [-0.2, 0) is 26.2 Å². The summed E-state index contributed by atoms with van der Waals surface area (Å²) in [5, 5.41) is 2.80. The van der Waals surface area contributed by atoms with E-state index >= 15 is 0 Å². The van der Waals surface area contributed by atoms with Crippen molar-refractivity contribution in [3.05, 3.63) is 53.8 Å². The summed E-state index contributed by atoms with van der Waals surface area (Å²) in [5.74, 6) is -0.702. The van der Waals surface area contributed by atoms with Gasteiger partial charge in [0.15, 0.2) is 11.5 Å². The number of amides is 2. The van der Waals surface area contributed by atoms with Crippen LogP contribution in [0.2, 0.25) is 0 Å². The molecule has 0 radical (unpaired) electrons. The highest BCUT2D eigenvalue weighted by Crippen LogP contribution is 2.32. The van der Waals surface area contributed by atoms with Crippen LogP contribution in [-0.4, -0.2) is 64.7 Å². The highest BCUT2D eigenvalue weighted by atomic mass is 32.2. The molecule has 2 aromatic rings. The molecule has 0 saturated carbocycles. The number of anilines is 1. The molecule has 0 bridgehead atoms. The van der Waals surface area contributed by atoms with E-state index in [9.17, 15) is 22.4 Å². The third kappa shape index (κ3) is 7.84. The molecule has 0 spiro atoms. The molecule has 0 aromatic heterocycles. The zero-order valence-corrected chi connectivity index (χ0v) is 22.1. The summed E-state index contributed by atoms with van der Waals surface area (Å²) in [5.41, 5.74) is 0.792. The first-order valence-electron chi connectivity index (χ1n) is 11.5. The number of ether oxygens (including phenoxy) is 2. The smallest absolute Gasteiger partial charge is 0.244 e. The van der Waals surface area contributed by atoms with Gasteiger partial charge in [-0.1, -0.05) is 25.5 Å². The van der Waals surface area contributed by atoms with Crippen molar-refractivity contribution in [1.29, 1.82) is 0 Å². The molecule has 2 aromatic carbocycles. The van der Waals surface area contributed by atoms with Crippen molar-refractivity contribution >= 4 is 27.5 Å². The number of hydrogen-bond acceptors (Lipinski definition) is 6. The Morgan fingerprint density at radius 2 is 1.69 bits per heavy atom. The van der Waals surface area contributed by atoms with Crippen LogP contribution >= 0.6 is 0 Å². The molecular weight excluding hydrogens is 489 g/mol. The van der Waals surface area contributed by atoms with E-state index in [0.717, 1.165) is 23.4 Å². The van der Waals surface area contributed by atoms with Gasteiger partial charge in [0.25, 0.3) is 0 Å². The van der Waals surface area contributed by atoms with Crippen molar-refractivity contribution in [2.45, 2.75) is 39.3 Å². The summed E-state index contributed by atoms with van der Waals surface area (Å²) in [6.07, 6.45) is 2.66. The summed E-state index contributed by atoms with van der Waals surface area (Å²) in [6, 6.07) is 9.15. The number of hydrogen-bond donors (Lipinski definition) is 1. The molecule has 1 atom stereocenters. The third-order valence-electron chi connectivity index (χ3n) is 5.60. The van der Waals surface area contributed by atoms with E-state index in [1.54, 1.807) is 6.92 Å². The molecule has 0 heterocycles. The first kappa shape index (κ1) is 28.9. The number of methoxy groups -OCH3 is 2. The Hall–Kier alpha value is -3.34. The van der Waals surface area contributed by atoms with E-state index in [1.165, 1.54) is 61.6 Å². The van der Waals surface area contributed by atoms with Crippen molar-refractivity contribution in [1.82, 2.24) is 10.2 Å². The number of rotatable bonds is 13. The number of carbonyl (C=O) groups excluding carboxylic acids is 2. The predicted octanol–water partition coefficient (Wildman–Crippen LogP) is 2.94. The maximum absolute atomic E-state index is 13.5. The quantitative estimate of drug-likeness (QED) is 0.405. The fourth-order valence-electron chi connectivity index (χ4n) is 3.50. The molecule has 0 aliphatic carbocycles. The van der Waals surface area contributed by atoms with E-state index in [-0.39, 0.29) is 18.1 Å². The Labute approximate surface area is 212 Å². The second kappa shape index (κ2) is 13.1. The molecule has 0 saturated heterocycles. The van der Waals surface area contributed by atoms with Gasteiger partial charge in [0.1, 0.15) is 18.4 Å². The molecule has 0 fully saturated rings. The lowest BCUT2D eigenvalue weighted by Crippen LogP contribution is -2.51. The van der Waals surface area contributed by atoms with Gasteiger partial charge in [0.05, 0.1) is 26.2 Å². The maximum Gasteiger partial charge on any atom is 0.244 e. The van der Waals surface area contributed by atoms with E-state index < -0.39 is 34.3 Å². The number of carbonyl (C=O) groups is 2. The Balaban J connectivity index is 2.39. The van der Waals surface area contributed by atoms with Gasteiger partial charge in [-0.2, -0.15) is 0 Å². The summed E-state index contributed by atoms with van der Waals surface area (Å²) in [6.45, 7) is 3.46. The lowest BCUT2D eigenvalue weighted by atomic mass is 10.1. The highest BCUT2D eigenvalue weighted by molar-refractivity contribution is 7.92. The molecule has 9 nitrogen and oxygen atoms in total. The van der Waals surface area contributed by atoms with Gasteiger partial charge >= 0.3 is 0 Å². The Morgan fingerprint density at radius 3 is 2.25 bits per heavy atom. The minimum absolute atomic E-state index is 0.00892. The van der Waals surface area contributed by atoms with Crippen LogP contribution in [0.5, 0.6) is 11.5 Å². The first-order valence-corrected chi connectivity index (χ1v) is 13.4. The van der Waals surface area contributed by atoms with Crippen molar-refractivity contribution in [2.24, 2.45) is 0 Å². The normalized spacial score (nSPS) is 11.9. The summed E-state index contributed by atoms with van der Waals surface area (Å²) in [4.78, 5) is 27.6. The number of benzene rings is 2. The van der Waals surface area contributed by atoms with Gasteiger partial charge in [-0.05, 0) is 43.2 Å². The molecule has 198 valence electrons. The third-order valence-corrected chi connectivity index (χ3v) is 6.74. The fraction of sp³-hybridized carbons (Fsp3) is 0.440. The second-order valence-corrected chi connectivity index (χ2v) is 10.2. The molecule has 2 rings (SSSR count). The minimum atomic E-state index is -3.89. The van der Waals surface area contributed by atoms with E-state index in [0.29, 0.717) is 23.6 Å². The zero-order valence-electron chi connectivity index (χ0n) is 21.3. The second-order valence-electron chi connectivity index (χ2n) is 8.28. The predicted molar refractivity (Wildman–Crippen MR) is 136 cm³/mol. The van der Waals surface area contributed by atoms with Gasteiger partial charge in [-0.15, -0.1) is 0 Å². The van der Waals surface area contributed by atoms with Gasteiger partial charge in [-0.25, -0.2) is 12.8 Å². The standard InChI is InChI=1S/C25H34FN3O6S/c1-6-7-14-27-25(31)18(2)28(16-19-8-10-20(26)11-9-19)24(30)17-29(36(5,32)33)21-12-13-22(34-3)23(15-21)35-4/h8-13,15,18H,6-7,14,16-17H2,1-5H3,(H,27,31). The topological polar surface area (TPSA) is 105 Å². The van der Waals surface area contributed by atoms with Gasteiger partial charge in [0.2, 0.25) is 21.8 Å². The average Bonchev–Trinajstić information content (AvgIpc) is 2.85. The van der Waals surface area contributed by atoms with Crippen LogP contribution in [0.15, 0.2) is 42.5 Å². The largest absolute Gasteiger partial charge is 0.493 e. The van der Waals surface area contributed by atoms with Crippen LogP contribution in [0.25, 0.3) is 0 Å². The van der Waals surface area contributed by atoms with E-state index in [4.69, 9.17) is 9.47 Å². The monoisotopic (exact) mass is 523 g/mol. The molecule has 2 amide bonds. The van der Waals surface area contributed by atoms with Crippen LogP contribution in [0, 0.1) is 5.82 Å². The first-order chi connectivity index (χ1) is 17.0. The van der Waals surface area contributed by atoms with Crippen LogP contribution in [0.3, 0.4) is 0 Å². The zero-order chi connectivity index (χ0) is 26.9. The van der Waals surface area contributed by atoms with Crippen molar-refractivity contribution in [2.75, 3.05) is 37.9 Å². The lowest BCUT2D eigenvalue weighted by molar-refractivity contribution is -0.139.